The molecule has 1 amide bonds. The Kier molecular flexibility index (Phi) is 3.94. The molecule has 0 unspecified atom stereocenters. The number of aryl methyl sites for hydroxylation is 1. The van der Waals surface area contributed by atoms with Crippen molar-refractivity contribution >= 4 is 17.3 Å². The zero-order valence-electron chi connectivity index (χ0n) is 11.6. The molecule has 0 aliphatic heterocycles. The predicted molar refractivity (Wildman–Crippen MR) is 81.0 cm³/mol. The van der Waals surface area contributed by atoms with E-state index in [-0.39, 0.29) is 11.7 Å². The lowest BCUT2D eigenvalue weighted by Gasteiger charge is -2.22. The van der Waals surface area contributed by atoms with Crippen LogP contribution in [-0.4, -0.2) is 17.6 Å². The molecule has 2 aromatic rings. The molecule has 0 spiro atoms. The van der Waals surface area contributed by atoms with E-state index < -0.39 is 0 Å². The van der Waals surface area contributed by atoms with Gasteiger partial charge < -0.3 is 15.7 Å². The number of phenols is 1. The molecule has 0 fully saturated rings. The summed E-state index contributed by atoms with van der Waals surface area (Å²) in [6, 6.07) is 12.1. The second kappa shape index (κ2) is 5.65. The molecule has 104 valence electrons. The zero-order chi connectivity index (χ0) is 14.7. The maximum atomic E-state index is 12.6. The molecule has 0 heterocycles. The van der Waals surface area contributed by atoms with Crippen LogP contribution in [-0.2, 0) is 0 Å². The van der Waals surface area contributed by atoms with Crippen molar-refractivity contribution in [2.24, 2.45) is 0 Å². The maximum absolute atomic E-state index is 12.6. The van der Waals surface area contributed by atoms with Gasteiger partial charge in [0.1, 0.15) is 5.75 Å². The largest absolute Gasteiger partial charge is 0.508 e. The van der Waals surface area contributed by atoms with Crippen LogP contribution in [0.15, 0.2) is 42.5 Å². The van der Waals surface area contributed by atoms with Gasteiger partial charge in [-0.05, 0) is 49.7 Å². The Morgan fingerprint density at radius 3 is 2.55 bits per heavy atom. The number of hydrogen-bond acceptors (Lipinski definition) is 3. The Labute approximate surface area is 118 Å². The first kappa shape index (κ1) is 13.9. The standard InChI is InChI=1S/C16H18N2O2/c1-3-18(14-7-5-4-6-13(14)17)16(20)12-8-9-15(19)11(2)10-12/h4-10,19H,3,17H2,1-2H3. The third-order valence-electron chi connectivity index (χ3n) is 3.23. The highest BCUT2D eigenvalue weighted by Crippen LogP contribution is 2.25. The average molecular weight is 270 g/mol. The predicted octanol–water partition coefficient (Wildman–Crippen LogP) is 2.95. The Hall–Kier alpha value is -2.49. The van der Waals surface area contributed by atoms with E-state index >= 15 is 0 Å². The number of carbonyl (C=O) groups is 1. The number of carbonyl (C=O) groups excluding carboxylic acids is 1. The van der Waals surface area contributed by atoms with Crippen molar-refractivity contribution in [2.75, 3.05) is 17.2 Å². The number of phenolic OH excluding ortho intramolecular Hbond substituents is 1. The average Bonchev–Trinajstić information content (AvgIpc) is 2.44. The number of hydrogen-bond donors (Lipinski definition) is 2. The third kappa shape index (κ3) is 2.59. The van der Waals surface area contributed by atoms with E-state index in [1.165, 1.54) is 6.07 Å². The number of benzene rings is 2. The van der Waals surface area contributed by atoms with Crippen molar-refractivity contribution in [1.82, 2.24) is 0 Å². The summed E-state index contributed by atoms with van der Waals surface area (Å²) in [5.41, 5.74) is 8.41. The first-order valence-corrected chi connectivity index (χ1v) is 6.50. The second-order valence-corrected chi connectivity index (χ2v) is 4.61. The minimum atomic E-state index is -0.131. The lowest BCUT2D eigenvalue weighted by molar-refractivity contribution is 0.0988. The van der Waals surface area contributed by atoms with Gasteiger partial charge in [0, 0.05) is 12.1 Å². The number of rotatable bonds is 3. The van der Waals surface area contributed by atoms with Crippen molar-refractivity contribution in [2.45, 2.75) is 13.8 Å². The Balaban J connectivity index is 2.39. The Bertz CT molecular complexity index is 638. The van der Waals surface area contributed by atoms with Crippen LogP contribution in [0.5, 0.6) is 5.75 Å². The summed E-state index contributed by atoms with van der Waals surface area (Å²) in [7, 11) is 0. The summed E-state index contributed by atoms with van der Waals surface area (Å²) >= 11 is 0. The van der Waals surface area contributed by atoms with Gasteiger partial charge in [-0.1, -0.05) is 12.1 Å². The molecule has 4 heteroatoms. The van der Waals surface area contributed by atoms with Gasteiger partial charge in [0.05, 0.1) is 11.4 Å². The van der Waals surface area contributed by atoms with Crippen LogP contribution < -0.4 is 10.6 Å². The fourth-order valence-electron chi connectivity index (χ4n) is 2.10. The van der Waals surface area contributed by atoms with E-state index in [1.807, 2.05) is 25.1 Å². The summed E-state index contributed by atoms with van der Waals surface area (Å²) < 4.78 is 0. The van der Waals surface area contributed by atoms with Gasteiger partial charge in [0.15, 0.2) is 0 Å². The maximum Gasteiger partial charge on any atom is 0.258 e. The Morgan fingerprint density at radius 1 is 1.25 bits per heavy atom. The molecule has 3 N–H and O–H groups in total. The highest BCUT2D eigenvalue weighted by atomic mass is 16.3. The summed E-state index contributed by atoms with van der Waals surface area (Å²) in [5, 5.41) is 9.54. The number of nitrogens with zero attached hydrogens (tertiary/aromatic N) is 1. The number of aromatic hydroxyl groups is 1. The molecule has 2 rings (SSSR count). The molecule has 0 saturated carbocycles. The summed E-state index contributed by atoms with van der Waals surface area (Å²) in [5.74, 6) is 0.0531. The molecular formula is C16H18N2O2. The number of amides is 1. The minimum Gasteiger partial charge on any atom is -0.508 e. The van der Waals surface area contributed by atoms with E-state index in [9.17, 15) is 9.90 Å². The van der Waals surface area contributed by atoms with Gasteiger partial charge in [-0.25, -0.2) is 0 Å². The molecule has 0 aliphatic rings. The number of nitrogen functional groups attached to an aromatic ring is 1. The normalized spacial score (nSPS) is 10.3. The molecule has 2 aromatic carbocycles. The van der Waals surface area contributed by atoms with Crippen LogP contribution in [0.1, 0.15) is 22.8 Å². The first-order valence-electron chi connectivity index (χ1n) is 6.50. The van der Waals surface area contributed by atoms with E-state index in [0.717, 1.165) is 0 Å². The highest BCUT2D eigenvalue weighted by Gasteiger charge is 2.18. The van der Waals surface area contributed by atoms with Gasteiger partial charge in [0.2, 0.25) is 0 Å². The number of para-hydroxylation sites is 2. The van der Waals surface area contributed by atoms with Crippen molar-refractivity contribution in [3.63, 3.8) is 0 Å². The quantitative estimate of drug-likeness (QED) is 0.843. The van der Waals surface area contributed by atoms with Crippen molar-refractivity contribution in [3.8, 4) is 5.75 Å². The van der Waals surface area contributed by atoms with Crippen LogP contribution in [0, 0.1) is 6.92 Å². The van der Waals surface area contributed by atoms with Gasteiger partial charge in [0.25, 0.3) is 5.91 Å². The molecule has 0 atom stereocenters. The van der Waals surface area contributed by atoms with Gasteiger partial charge in [-0.15, -0.1) is 0 Å². The van der Waals surface area contributed by atoms with Crippen molar-refractivity contribution in [3.05, 3.63) is 53.6 Å². The second-order valence-electron chi connectivity index (χ2n) is 4.61. The van der Waals surface area contributed by atoms with Gasteiger partial charge in [-0.2, -0.15) is 0 Å². The fraction of sp³-hybridized carbons (Fsp3) is 0.188. The molecule has 20 heavy (non-hydrogen) atoms. The Morgan fingerprint density at radius 2 is 1.95 bits per heavy atom. The summed E-state index contributed by atoms with van der Waals surface area (Å²) in [6.45, 7) is 4.18. The molecule has 0 saturated heterocycles. The van der Waals surface area contributed by atoms with Crippen LogP contribution in [0.3, 0.4) is 0 Å². The van der Waals surface area contributed by atoms with Crippen LogP contribution >= 0.6 is 0 Å². The third-order valence-corrected chi connectivity index (χ3v) is 3.23. The lowest BCUT2D eigenvalue weighted by Crippen LogP contribution is -2.31. The van der Waals surface area contributed by atoms with E-state index in [0.29, 0.717) is 29.0 Å². The smallest absolute Gasteiger partial charge is 0.258 e. The van der Waals surface area contributed by atoms with Crippen LogP contribution in [0.2, 0.25) is 0 Å². The number of anilines is 2. The highest BCUT2D eigenvalue weighted by molar-refractivity contribution is 6.07. The monoisotopic (exact) mass is 270 g/mol. The van der Waals surface area contributed by atoms with Gasteiger partial charge in [-0.3, -0.25) is 4.79 Å². The van der Waals surface area contributed by atoms with Gasteiger partial charge >= 0.3 is 0 Å². The molecule has 0 aliphatic carbocycles. The minimum absolute atomic E-state index is 0.131. The zero-order valence-corrected chi connectivity index (χ0v) is 11.6. The van der Waals surface area contributed by atoms with Crippen molar-refractivity contribution < 1.29 is 9.90 Å². The SMILES string of the molecule is CCN(C(=O)c1ccc(O)c(C)c1)c1ccccc1N. The lowest BCUT2D eigenvalue weighted by atomic mass is 10.1. The van der Waals surface area contributed by atoms with E-state index in [4.69, 9.17) is 5.73 Å². The fourth-order valence-corrected chi connectivity index (χ4v) is 2.10. The topological polar surface area (TPSA) is 66.6 Å². The first-order chi connectivity index (χ1) is 9.54. The van der Waals surface area contributed by atoms with Crippen LogP contribution in [0.4, 0.5) is 11.4 Å². The van der Waals surface area contributed by atoms with Crippen LogP contribution in [0.25, 0.3) is 0 Å². The molecule has 4 nitrogen and oxygen atoms in total. The molecular weight excluding hydrogens is 252 g/mol. The molecule has 0 bridgehead atoms. The summed E-state index contributed by atoms with van der Waals surface area (Å²) in [4.78, 5) is 14.2. The van der Waals surface area contributed by atoms with E-state index in [1.54, 1.807) is 30.0 Å². The van der Waals surface area contributed by atoms with Crippen molar-refractivity contribution in [1.29, 1.82) is 0 Å². The van der Waals surface area contributed by atoms with E-state index in [2.05, 4.69) is 0 Å². The molecule has 0 radical (unpaired) electrons. The number of nitrogens with two attached hydrogens (primary N) is 1. The molecule has 0 aromatic heterocycles. The summed E-state index contributed by atoms with van der Waals surface area (Å²) in [6.07, 6.45) is 0.